The number of esters is 1. The third-order valence-corrected chi connectivity index (χ3v) is 10.2. The Morgan fingerprint density at radius 3 is 2.38 bits per heavy atom. The van der Waals surface area contributed by atoms with E-state index in [-0.39, 0.29) is 48.6 Å². The molecule has 0 bridgehead atoms. The van der Waals surface area contributed by atoms with Crippen molar-refractivity contribution in [2.24, 2.45) is 11.8 Å². The van der Waals surface area contributed by atoms with E-state index in [9.17, 15) is 9.90 Å². The van der Waals surface area contributed by atoms with Crippen molar-refractivity contribution in [3.63, 3.8) is 0 Å². The van der Waals surface area contributed by atoms with Gasteiger partial charge in [-0.05, 0) is 83.8 Å². The van der Waals surface area contributed by atoms with Gasteiger partial charge in [-0.25, -0.2) is 4.98 Å². The minimum Gasteiger partial charge on any atom is -0.502 e. The summed E-state index contributed by atoms with van der Waals surface area (Å²) in [5, 5.41) is 15.4. The van der Waals surface area contributed by atoms with Crippen LogP contribution in [0.2, 0.25) is 0 Å². The average Bonchev–Trinajstić information content (AvgIpc) is 3.79. The Morgan fingerprint density at radius 2 is 1.67 bits per heavy atom. The number of carbonyl (C=O) groups is 1. The van der Waals surface area contributed by atoms with Gasteiger partial charge in [0.2, 0.25) is 12.5 Å². The van der Waals surface area contributed by atoms with E-state index in [1.807, 2.05) is 30.3 Å². The van der Waals surface area contributed by atoms with Crippen LogP contribution in [0.25, 0.3) is 20.8 Å². The van der Waals surface area contributed by atoms with Crippen LogP contribution in [0.1, 0.15) is 34.2 Å². The first kappa shape index (κ1) is 27.6. The van der Waals surface area contributed by atoms with Gasteiger partial charge in [-0.15, -0.1) is 11.3 Å². The van der Waals surface area contributed by atoms with Gasteiger partial charge in [0.05, 0.1) is 43.0 Å². The number of phenolic OH excluding ortho intramolecular Hbond substituents is 1. The molecule has 0 amide bonds. The molecule has 45 heavy (non-hydrogen) atoms. The topological polar surface area (TPSA) is 108 Å². The predicted octanol–water partition coefficient (Wildman–Crippen LogP) is 6.81. The molecule has 2 aliphatic heterocycles. The fraction of sp³-hybridized carbons (Fsp3) is 0.257. The molecule has 4 atom stereocenters. The maximum Gasteiger partial charge on any atom is 0.310 e. The average molecular weight is 623 g/mol. The number of ether oxygens (including phenoxy) is 5. The molecule has 3 aliphatic rings. The molecule has 10 heteroatoms. The number of methoxy groups -OCH3 is 2. The molecule has 0 radical (unpaired) electrons. The molecule has 4 aromatic carbocycles. The second-order valence-electron chi connectivity index (χ2n) is 11.5. The first-order valence-electron chi connectivity index (χ1n) is 14.7. The first-order valence-corrected chi connectivity index (χ1v) is 15.5. The van der Waals surface area contributed by atoms with Crippen LogP contribution >= 0.6 is 11.3 Å². The first-order chi connectivity index (χ1) is 21.9. The zero-order valence-corrected chi connectivity index (χ0v) is 25.6. The fourth-order valence-electron chi connectivity index (χ4n) is 6.96. The number of anilines is 1. The lowest BCUT2D eigenvalue weighted by Crippen LogP contribution is -2.37. The number of thiazole rings is 1. The lowest BCUT2D eigenvalue weighted by Gasteiger charge is -2.40. The van der Waals surface area contributed by atoms with Crippen LogP contribution in [0.3, 0.4) is 0 Å². The Labute approximate surface area is 263 Å². The highest BCUT2D eigenvalue weighted by Crippen LogP contribution is 2.56. The molecule has 228 valence electrons. The van der Waals surface area contributed by atoms with Crippen LogP contribution in [0.15, 0.2) is 66.7 Å². The number of aryl methyl sites for hydroxylation is 1. The highest BCUT2D eigenvalue weighted by molar-refractivity contribution is 7.21. The lowest BCUT2D eigenvalue weighted by atomic mass is 9.65. The van der Waals surface area contributed by atoms with E-state index in [2.05, 4.69) is 36.5 Å². The Morgan fingerprint density at radius 1 is 0.933 bits per heavy atom. The van der Waals surface area contributed by atoms with E-state index in [1.165, 1.54) is 14.2 Å². The molecule has 0 saturated carbocycles. The highest BCUT2D eigenvalue weighted by Gasteiger charge is 2.52. The van der Waals surface area contributed by atoms with Crippen LogP contribution in [0, 0.1) is 18.8 Å². The highest BCUT2D eigenvalue weighted by atomic mass is 32.1. The van der Waals surface area contributed by atoms with Gasteiger partial charge in [0.25, 0.3) is 0 Å². The van der Waals surface area contributed by atoms with Crippen LogP contribution in [-0.2, 0) is 9.53 Å². The van der Waals surface area contributed by atoms with Crippen molar-refractivity contribution in [1.29, 1.82) is 0 Å². The number of para-hydroxylation sites is 1. The molecule has 8 rings (SSSR count). The number of nitrogens with zero attached hydrogens (tertiary/aromatic N) is 1. The summed E-state index contributed by atoms with van der Waals surface area (Å²) >= 11 is 1.67. The van der Waals surface area contributed by atoms with E-state index in [4.69, 9.17) is 28.7 Å². The van der Waals surface area contributed by atoms with Gasteiger partial charge >= 0.3 is 5.97 Å². The molecular weight excluding hydrogens is 592 g/mol. The summed E-state index contributed by atoms with van der Waals surface area (Å²) in [5.74, 6) is 0.342. The number of nitrogens with one attached hydrogen (secondary N) is 1. The number of hydrogen-bond donors (Lipinski definition) is 2. The van der Waals surface area contributed by atoms with Crippen molar-refractivity contribution >= 4 is 33.2 Å². The molecular formula is C35H30N2O7S. The lowest BCUT2D eigenvalue weighted by molar-refractivity contribution is -0.141. The van der Waals surface area contributed by atoms with Crippen LogP contribution in [0.5, 0.6) is 28.7 Å². The number of aromatic nitrogens is 1. The van der Waals surface area contributed by atoms with Crippen molar-refractivity contribution < 1.29 is 33.6 Å². The second-order valence-corrected chi connectivity index (χ2v) is 12.6. The van der Waals surface area contributed by atoms with Gasteiger partial charge in [-0.3, -0.25) is 4.79 Å². The van der Waals surface area contributed by atoms with E-state index in [0.717, 1.165) is 48.7 Å². The van der Waals surface area contributed by atoms with Crippen molar-refractivity contribution in [2.45, 2.75) is 18.9 Å². The maximum absolute atomic E-state index is 13.5. The summed E-state index contributed by atoms with van der Waals surface area (Å²) in [5.41, 5.74) is 6.73. The molecule has 9 nitrogen and oxygen atoms in total. The zero-order valence-electron chi connectivity index (χ0n) is 24.8. The van der Waals surface area contributed by atoms with Crippen LogP contribution in [0.4, 0.5) is 5.69 Å². The standard InChI is InChI=1S/C35H30N2O7S/c1-17-10-18(34-37-24-6-4-5-7-29(24)45-34)8-9-23(17)36-32-21-14-26-25(43-16-44-26)13-20(21)30(31-22(32)15-42-35(31)39)19-11-27(40-2)33(38)28(12-19)41-3/h4-14,22,30-32,36,38H,15-16H2,1-3H3/t22-,30+,31-,32+/m0/s1. The van der Waals surface area contributed by atoms with Crippen molar-refractivity contribution in [3.8, 4) is 39.3 Å². The maximum atomic E-state index is 13.5. The number of carbonyl (C=O) groups excluding carboxylic acids is 1. The van der Waals surface area contributed by atoms with Gasteiger partial charge in [-0.2, -0.15) is 0 Å². The molecule has 1 saturated heterocycles. The molecule has 0 spiro atoms. The molecule has 3 heterocycles. The summed E-state index contributed by atoms with van der Waals surface area (Å²) in [6.45, 7) is 2.47. The van der Waals surface area contributed by atoms with Gasteiger partial charge in [0.1, 0.15) is 5.01 Å². The quantitative estimate of drug-likeness (QED) is 0.197. The minimum atomic E-state index is -0.503. The summed E-state index contributed by atoms with van der Waals surface area (Å²) in [4.78, 5) is 18.4. The van der Waals surface area contributed by atoms with E-state index >= 15 is 0 Å². The number of fused-ring (bicyclic) bond motifs is 4. The Bertz CT molecular complexity index is 1930. The van der Waals surface area contributed by atoms with Crippen LogP contribution in [-0.4, -0.2) is 43.7 Å². The zero-order chi connectivity index (χ0) is 30.8. The summed E-state index contributed by atoms with van der Waals surface area (Å²) in [6.07, 6.45) is 0. The predicted molar refractivity (Wildman–Crippen MR) is 170 cm³/mol. The summed E-state index contributed by atoms with van der Waals surface area (Å²) < 4.78 is 29.5. The molecule has 1 aromatic heterocycles. The molecule has 5 aromatic rings. The van der Waals surface area contributed by atoms with Crippen molar-refractivity contribution in [3.05, 3.63) is 89.0 Å². The van der Waals surface area contributed by atoms with E-state index < -0.39 is 11.8 Å². The number of rotatable bonds is 6. The molecule has 0 unspecified atom stereocenters. The largest absolute Gasteiger partial charge is 0.502 e. The smallest absolute Gasteiger partial charge is 0.310 e. The monoisotopic (exact) mass is 622 g/mol. The van der Waals surface area contributed by atoms with Gasteiger partial charge in [0, 0.05) is 23.1 Å². The van der Waals surface area contributed by atoms with E-state index in [0.29, 0.717) is 11.5 Å². The Kier molecular flexibility index (Phi) is 6.49. The third kappa shape index (κ3) is 4.42. The van der Waals surface area contributed by atoms with Crippen molar-refractivity contribution in [1.82, 2.24) is 4.98 Å². The summed E-state index contributed by atoms with van der Waals surface area (Å²) in [7, 11) is 2.98. The minimum absolute atomic E-state index is 0.0969. The number of phenols is 1. The Hall–Kier alpha value is -4.96. The molecule has 2 N–H and O–H groups in total. The number of cyclic esters (lactones) is 1. The SMILES string of the molecule is COc1cc([C@@H]2c3cc4c(cc3[C@@H](Nc3ccc(-c5nc6ccccc6s5)cc3C)[C@H]3COC(=O)[C@H]23)OCO4)cc(OC)c1O. The van der Waals surface area contributed by atoms with Crippen molar-refractivity contribution in [2.75, 3.05) is 32.9 Å². The van der Waals surface area contributed by atoms with Crippen LogP contribution < -0.4 is 24.3 Å². The summed E-state index contributed by atoms with van der Waals surface area (Å²) in [6, 6.07) is 21.7. The number of hydrogen-bond acceptors (Lipinski definition) is 10. The number of aromatic hydroxyl groups is 1. The second kappa shape index (κ2) is 10.6. The normalized spacial score (nSPS) is 21.3. The molecule has 1 fully saturated rings. The van der Waals surface area contributed by atoms with Gasteiger partial charge < -0.3 is 34.1 Å². The fourth-order valence-corrected chi connectivity index (χ4v) is 7.92. The Balaban J connectivity index is 1.23. The van der Waals surface area contributed by atoms with Gasteiger partial charge in [0.15, 0.2) is 23.0 Å². The molecule has 1 aliphatic carbocycles. The number of benzene rings is 4. The van der Waals surface area contributed by atoms with E-state index in [1.54, 1.807) is 23.5 Å². The third-order valence-electron chi connectivity index (χ3n) is 9.13. The van der Waals surface area contributed by atoms with Gasteiger partial charge in [-0.1, -0.05) is 12.1 Å².